The molecule has 0 aliphatic heterocycles. The summed E-state index contributed by atoms with van der Waals surface area (Å²) in [5.74, 6) is 1.60. The Morgan fingerprint density at radius 2 is 2.00 bits per heavy atom. The molecule has 0 atom stereocenters. The second kappa shape index (κ2) is 7.58. The lowest BCUT2D eigenvalue weighted by molar-refractivity contribution is 0.0937. The first-order valence-corrected chi connectivity index (χ1v) is 7.65. The summed E-state index contributed by atoms with van der Waals surface area (Å²) in [7, 11) is 0. The van der Waals surface area contributed by atoms with E-state index in [9.17, 15) is 4.79 Å². The number of aromatic nitrogens is 2. The lowest BCUT2D eigenvalue weighted by Crippen LogP contribution is -2.31. The minimum absolute atomic E-state index is 0.0489. The summed E-state index contributed by atoms with van der Waals surface area (Å²) in [5, 5.41) is 6.02. The van der Waals surface area contributed by atoms with Crippen LogP contribution in [0.5, 0.6) is 5.75 Å². The third-order valence-electron chi connectivity index (χ3n) is 2.94. The number of nitrogens with zero attached hydrogens (tertiary/aromatic N) is 2. The topological polar surface area (TPSA) is 76.1 Å². The molecule has 0 aliphatic rings. The van der Waals surface area contributed by atoms with Gasteiger partial charge in [-0.2, -0.15) is 0 Å². The Kier molecular flexibility index (Phi) is 5.51. The molecule has 1 amide bonds. The van der Waals surface area contributed by atoms with Crippen molar-refractivity contribution in [2.24, 2.45) is 0 Å². The average molecular weight is 314 g/mol. The van der Waals surface area contributed by atoms with Gasteiger partial charge in [-0.3, -0.25) is 4.79 Å². The monoisotopic (exact) mass is 314 g/mol. The lowest BCUT2D eigenvalue weighted by Gasteiger charge is -2.13. The number of ether oxygens (including phenoxy) is 1. The van der Waals surface area contributed by atoms with Crippen molar-refractivity contribution in [3.63, 3.8) is 0 Å². The van der Waals surface area contributed by atoms with Crippen LogP contribution in [0.4, 0.5) is 11.5 Å². The van der Waals surface area contributed by atoms with E-state index in [-0.39, 0.29) is 11.9 Å². The molecule has 0 radical (unpaired) electrons. The Balaban J connectivity index is 2.27. The van der Waals surface area contributed by atoms with Crippen LogP contribution in [0, 0.1) is 6.92 Å². The third-order valence-corrected chi connectivity index (χ3v) is 2.94. The highest BCUT2D eigenvalue weighted by molar-refractivity contribution is 5.93. The number of hydrogen-bond donors (Lipinski definition) is 2. The SMILES string of the molecule is CCOc1ccccc1Nc1cc(C(=O)NC(C)C)nc(C)n1. The number of nitrogens with one attached hydrogen (secondary N) is 2. The van der Waals surface area contributed by atoms with Crippen LogP contribution in [-0.2, 0) is 0 Å². The maximum Gasteiger partial charge on any atom is 0.270 e. The van der Waals surface area contributed by atoms with E-state index in [0.29, 0.717) is 23.9 Å². The molecule has 0 fully saturated rings. The number of para-hydroxylation sites is 2. The molecule has 0 aliphatic carbocycles. The second-order valence-electron chi connectivity index (χ2n) is 5.37. The van der Waals surface area contributed by atoms with E-state index in [1.165, 1.54) is 0 Å². The first-order chi connectivity index (χ1) is 11.0. The van der Waals surface area contributed by atoms with Crippen LogP contribution in [0.3, 0.4) is 0 Å². The number of carbonyl (C=O) groups is 1. The van der Waals surface area contributed by atoms with Crippen LogP contribution < -0.4 is 15.4 Å². The Labute approximate surface area is 136 Å². The zero-order valence-electron chi connectivity index (χ0n) is 13.9. The molecular weight excluding hydrogens is 292 g/mol. The zero-order valence-corrected chi connectivity index (χ0v) is 13.9. The van der Waals surface area contributed by atoms with E-state index < -0.39 is 0 Å². The van der Waals surface area contributed by atoms with Crippen LogP contribution in [0.25, 0.3) is 0 Å². The van der Waals surface area contributed by atoms with E-state index in [1.807, 2.05) is 45.0 Å². The predicted octanol–water partition coefficient (Wildman–Crippen LogP) is 3.07. The first kappa shape index (κ1) is 16.7. The van der Waals surface area contributed by atoms with E-state index >= 15 is 0 Å². The van der Waals surface area contributed by atoms with Gasteiger partial charge in [-0.15, -0.1) is 0 Å². The van der Waals surface area contributed by atoms with Gasteiger partial charge in [0.25, 0.3) is 5.91 Å². The number of amides is 1. The molecule has 0 bridgehead atoms. The molecule has 122 valence electrons. The summed E-state index contributed by atoms with van der Waals surface area (Å²) in [6.07, 6.45) is 0. The number of carbonyl (C=O) groups excluding carboxylic acids is 1. The van der Waals surface area contributed by atoms with Gasteiger partial charge in [0.05, 0.1) is 12.3 Å². The summed E-state index contributed by atoms with van der Waals surface area (Å²) in [6, 6.07) is 9.28. The van der Waals surface area contributed by atoms with Gasteiger partial charge in [-0.1, -0.05) is 12.1 Å². The molecule has 0 spiro atoms. The van der Waals surface area contributed by atoms with Crippen LogP contribution >= 0.6 is 0 Å². The minimum Gasteiger partial charge on any atom is -0.492 e. The van der Waals surface area contributed by atoms with Gasteiger partial charge < -0.3 is 15.4 Å². The summed E-state index contributed by atoms with van der Waals surface area (Å²) in [6.45, 7) is 8.07. The molecule has 23 heavy (non-hydrogen) atoms. The maximum atomic E-state index is 12.1. The molecule has 1 aromatic heterocycles. The van der Waals surface area contributed by atoms with Gasteiger partial charge in [0, 0.05) is 12.1 Å². The van der Waals surface area contributed by atoms with Gasteiger partial charge in [-0.05, 0) is 39.8 Å². The van der Waals surface area contributed by atoms with E-state index in [4.69, 9.17) is 4.74 Å². The lowest BCUT2D eigenvalue weighted by atomic mass is 10.2. The molecule has 0 saturated heterocycles. The maximum absolute atomic E-state index is 12.1. The molecule has 2 N–H and O–H groups in total. The van der Waals surface area contributed by atoms with Gasteiger partial charge >= 0.3 is 0 Å². The second-order valence-corrected chi connectivity index (χ2v) is 5.37. The molecule has 2 aromatic rings. The number of hydrogen-bond acceptors (Lipinski definition) is 5. The van der Waals surface area contributed by atoms with Gasteiger partial charge in [0.1, 0.15) is 23.1 Å². The van der Waals surface area contributed by atoms with Gasteiger partial charge in [-0.25, -0.2) is 9.97 Å². The highest BCUT2D eigenvalue weighted by Gasteiger charge is 2.12. The predicted molar refractivity (Wildman–Crippen MR) is 90.3 cm³/mol. The molecule has 1 heterocycles. The van der Waals surface area contributed by atoms with Crippen molar-refractivity contribution in [2.75, 3.05) is 11.9 Å². The van der Waals surface area contributed by atoms with Crippen LogP contribution in [0.1, 0.15) is 37.1 Å². The molecule has 0 unspecified atom stereocenters. The standard InChI is InChI=1S/C17H22N4O2/c1-5-23-15-9-7-6-8-13(15)21-16-10-14(19-12(4)20-16)17(22)18-11(2)3/h6-11H,5H2,1-4H3,(H,18,22)(H,19,20,21). The molecule has 2 rings (SSSR count). The number of rotatable bonds is 6. The summed E-state index contributed by atoms with van der Waals surface area (Å²) >= 11 is 0. The Morgan fingerprint density at radius 3 is 2.70 bits per heavy atom. The fourth-order valence-corrected chi connectivity index (χ4v) is 2.07. The molecule has 0 saturated carbocycles. The van der Waals surface area contributed by atoms with Crippen molar-refractivity contribution in [2.45, 2.75) is 33.7 Å². The third kappa shape index (κ3) is 4.67. The highest BCUT2D eigenvalue weighted by Crippen LogP contribution is 2.26. The van der Waals surface area contributed by atoms with Crippen molar-refractivity contribution in [1.29, 1.82) is 0 Å². The van der Waals surface area contributed by atoms with Crippen molar-refractivity contribution in [3.8, 4) is 5.75 Å². The first-order valence-electron chi connectivity index (χ1n) is 7.65. The van der Waals surface area contributed by atoms with E-state index in [2.05, 4.69) is 20.6 Å². The van der Waals surface area contributed by atoms with Crippen molar-refractivity contribution in [1.82, 2.24) is 15.3 Å². The summed E-state index contributed by atoms with van der Waals surface area (Å²) in [4.78, 5) is 20.7. The smallest absolute Gasteiger partial charge is 0.270 e. The Morgan fingerprint density at radius 1 is 1.26 bits per heavy atom. The van der Waals surface area contributed by atoms with E-state index in [0.717, 1.165) is 11.4 Å². The quantitative estimate of drug-likeness (QED) is 0.857. The highest BCUT2D eigenvalue weighted by atomic mass is 16.5. The molecule has 6 heteroatoms. The summed E-state index contributed by atoms with van der Waals surface area (Å²) in [5.41, 5.74) is 1.13. The van der Waals surface area contributed by atoms with Crippen molar-refractivity contribution >= 4 is 17.4 Å². The molecule has 6 nitrogen and oxygen atoms in total. The fraction of sp³-hybridized carbons (Fsp3) is 0.353. The fourth-order valence-electron chi connectivity index (χ4n) is 2.07. The van der Waals surface area contributed by atoms with Crippen LogP contribution in [0.15, 0.2) is 30.3 Å². The van der Waals surface area contributed by atoms with Crippen LogP contribution in [0.2, 0.25) is 0 Å². The zero-order chi connectivity index (χ0) is 16.8. The molecule has 1 aromatic carbocycles. The normalized spacial score (nSPS) is 10.5. The Bertz CT molecular complexity index is 686. The number of anilines is 2. The largest absolute Gasteiger partial charge is 0.492 e. The van der Waals surface area contributed by atoms with Gasteiger partial charge in [0.2, 0.25) is 0 Å². The molecular formula is C17H22N4O2. The number of benzene rings is 1. The van der Waals surface area contributed by atoms with Crippen molar-refractivity contribution < 1.29 is 9.53 Å². The van der Waals surface area contributed by atoms with Crippen molar-refractivity contribution in [3.05, 3.63) is 41.9 Å². The number of aryl methyl sites for hydroxylation is 1. The van der Waals surface area contributed by atoms with E-state index in [1.54, 1.807) is 13.0 Å². The average Bonchev–Trinajstić information content (AvgIpc) is 2.48. The van der Waals surface area contributed by atoms with Crippen LogP contribution in [-0.4, -0.2) is 28.5 Å². The van der Waals surface area contributed by atoms with Gasteiger partial charge in [0.15, 0.2) is 0 Å². The minimum atomic E-state index is -0.216. The summed E-state index contributed by atoms with van der Waals surface area (Å²) < 4.78 is 5.58. The Hall–Kier alpha value is -2.63.